The van der Waals surface area contributed by atoms with Crippen LogP contribution in [0.15, 0.2) is 30.5 Å². The third-order valence-electron chi connectivity index (χ3n) is 10.2. The summed E-state index contributed by atoms with van der Waals surface area (Å²) in [5, 5.41) is 14.9. The maximum Gasteiger partial charge on any atom is 0.319 e. The van der Waals surface area contributed by atoms with E-state index in [0.717, 1.165) is 19.4 Å². The SMILES string of the molecule is CCc1c(F)ccc2cc(O)cc(-c3ncc4c(N5CCOCC6(CC(=O)N6)C5)nc(OC[C@@]56CCCN5C[C@H](F)C6)nc4c3F)c12. The summed E-state index contributed by atoms with van der Waals surface area (Å²) in [5.41, 5.74) is -0.633. The van der Waals surface area contributed by atoms with Crippen molar-refractivity contribution < 1.29 is 32.5 Å². The van der Waals surface area contributed by atoms with Crippen molar-refractivity contribution in [2.45, 2.75) is 56.3 Å². The standard InChI is InChI=1S/C34H35F3N6O4/c1-2-22-25(36)5-4-19-10-21(44)11-23(27(19)22)29-28(37)30-24(14-38-29)31(42-8-9-46-17-33(16-42)13-26(45)41-33)40-32(39-30)47-18-34-6-3-7-43(34)15-20(35)12-34/h4-5,10-11,14,20,44H,2-3,6-9,12-13,15-18H2,1H3,(H,41,45)/t20-,33?,34+/m1/s1. The van der Waals surface area contributed by atoms with Gasteiger partial charge in [-0.3, -0.25) is 14.7 Å². The van der Waals surface area contributed by atoms with Crippen LogP contribution >= 0.6 is 0 Å². The Morgan fingerprint density at radius 2 is 2.06 bits per heavy atom. The van der Waals surface area contributed by atoms with Gasteiger partial charge in [0.1, 0.15) is 41.4 Å². The van der Waals surface area contributed by atoms with Gasteiger partial charge in [0.15, 0.2) is 5.82 Å². The zero-order valence-electron chi connectivity index (χ0n) is 26.0. The van der Waals surface area contributed by atoms with E-state index in [4.69, 9.17) is 14.5 Å². The number of phenolic OH excluding ortho intramolecular Hbond substituents is 1. The highest BCUT2D eigenvalue weighted by Gasteiger charge is 2.50. The summed E-state index contributed by atoms with van der Waals surface area (Å²) in [6, 6.07) is 5.71. The van der Waals surface area contributed by atoms with Gasteiger partial charge in [-0.15, -0.1) is 0 Å². The van der Waals surface area contributed by atoms with Gasteiger partial charge in [0, 0.05) is 37.8 Å². The van der Waals surface area contributed by atoms with Crippen molar-refractivity contribution in [3.05, 3.63) is 47.7 Å². The molecule has 10 nitrogen and oxygen atoms in total. The molecule has 4 saturated heterocycles. The van der Waals surface area contributed by atoms with Gasteiger partial charge >= 0.3 is 6.01 Å². The molecule has 1 spiro atoms. The number of β-lactam (4-membered cyclic amide) rings is 1. The number of carbonyl (C=O) groups excluding carboxylic acids is 1. The molecular formula is C34H35F3N6O4. The molecule has 4 aliphatic heterocycles. The van der Waals surface area contributed by atoms with Gasteiger partial charge in [-0.2, -0.15) is 9.97 Å². The Kier molecular flexibility index (Phi) is 7.17. The van der Waals surface area contributed by atoms with Crippen molar-refractivity contribution in [3.8, 4) is 23.0 Å². The minimum atomic E-state index is -0.945. The van der Waals surface area contributed by atoms with Crippen LogP contribution in [-0.4, -0.2) is 94.1 Å². The highest BCUT2D eigenvalue weighted by molar-refractivity contribution is 6.01. The monoisotopic (exact) mass is 648 g/mol. The number of rotatable bonds is 6. The highest BCUT2D eigenvalue weighted by atomic mass is 19.1. The van der Waals surface area contributed by atoms with E-state index < -0.39 is 28.9 Å². The number of halogens is 3. The summed E-state index contributed by atoms with van der Waals surface area (Å²) in [7, 11) is 0. The molecule has 6 heterocycles. The van der Waals surface area contributed by atoms with Gasteiger partial charge < -0.3 is 24.8 Å². The van der Waals surface area contributed by atoms with Gasteiger partial charge in [0.25, 0.3) is 0 Å². The van der Waals surface area contributed by atoms with Crippen LogP contribution in [0.25, 0.3) is 32.9 Å². The molecule has 0 radical (unpaired) electrons. The fourth-order valence-electron chi connectivity index (χ4n) is 8.08. The van der Waals surface area contributed by atoms with E-state index in [2.05, 4.69) is 20.2 Å². The Balaban J connectivity index is 1.27. The predicted molar refractivity (Wildman–Crippen MR) is 168 cm³/mol. The zero-order chi connectivity index (χ0) is 32.5. The Hall–Kier alpha value is -4.23. The number of aromatic nitrogens is 3. The smallest absolute Gasteiger partial charge is 0.319 e. The number of alkyl halides is 1. The summed E-state index contributed by atoms with van der Waals surface area (Å²) in [6.45, 7) is 4.57. The molecule has 47 heavy (non-hydrogen) atoms. The first-order chi connectivity index (χ1) is 22.7. The van der Waals surface area contributed by atoms with Crippen LogP contribution in [0.3, 0.4) is 0 Å². The number of ether oxygens (including phenoxy) is 2. The molecular weight excluding hydrogens is 613 g/mol. The summed E-state index contributed by atoms with van der Waals surface area (Å²) >= 11 is 0. The van der Waals surface area contributed by atoms with Crippen LogP contribution < -0.4 is 15.0 Å². The number of pyridine rings is 1. The third-order valence-corrected chi connectivity index (χ3v) is 10.2. The molecule has 1 amide bonds. The summed E-state index contributed by atoms with van der Waals surface area (Å²) in [4.78, 5) is 29.8. The van der Waals surface area contributed by atoms with Crippen LogP contribution in [-0.2, 0) is 16.0 Å². The van der Waals surface area contributed by atoms with E-state index in [9.17, 15) is 18.7 Å². The molecule has 2 aromatic heterocycles. The fourth-order valence-corrected chi connectivity index (χ4v) is 8.08. The molecule has 8 rings (SSSR count). The summed E-state index contributed by atoms with van der Waals surface area (Å²) < 4.78 is 58.5. The molecule has 2 aromatic carbocycles. The number of hydrogen-bond acceptors (Lipinski definition) is 9. The summed E-state index contributed by atoms with van der Waals surface area (Å²) in [6.07, 6.45) is 3.23. The topological polar surface area (TPSA) is 113 Å². The molecule has 13 heteroatoms. The van der Waals surface area contributed by atoms with Crippen molar-refractivity contribution in [1.82, 2.24) is 25.2 Å². The normalized spacial score (nSPS) is 26.1. The van der Waals surface area contributed by atoms with Crippen molar-refractivity contribution in [2.75, 3.05) is 50.9 Å². The predicted octanol–water partition coefficient (Wildman–Crippen LogP) is 4.44. The number of anilines is 1. The van der Waals surface area contributed by atoms with E-state index in [1.807, 2.05) is 11.8 Å². The van der Waals surface area contributed by atoms with Gasteiger partial charge in [-0.25, -0.2) is 13.2 Å². The average Bonchev–Trinajstić information content (AvgIpc) is 3.46. The van der Waals surface area contributed by atoms with Crippen LogP contribution in [0, 0.1) is 11.6 Å². The number of fused-ring (bicyclic) bond motifs is 3. The lowest BCUT2D eigenvalue weighted by atomic mass is 9.87. The molecule has 2 N–H and O–H groups in total. The van der Waals surface area contributed by atoms with Crippen LogP contribution in [0.2, 0.25) is 0 Å². The maximum atomic E-state index is 16.9. The van der Waals surface area contributed by atoms with Crippen LogP contribution in [0.1, 0.15) is 38.2 Å². The lowest BCUT2D eigenvalue weighted by Gasteiger charge is -2.43. The second-order valence-corrected chi connectivity index (χ2v) is 13.3. The van der Waals surface area contributed by atoms with Gasteiger partial charge in [0.05, 0.1) is 36.1 Å². The number of carbonyl (C=O) groups is 1. The highest BCUT2D eigenvalue weighted by Crippen LogP contribution is 2.42. The number of aromatic hydroxyl groups is 1. The van der Waals surface area contributed by atoms with E-state index in [1.165, 1.54) is 24.4 Å². The molecule has 0 bridgehead atoms. The van der Waals surface area contributed by atoms with Gasteiger partial charge in [-0.05, 0) is 60.3 Å². The Bertz CT molecular complexity index is 1920. The fraction of sp³-hybridized carbons (Fsp3) is 0.471. The minimum Gasteiger partial charge on any atom is -0.508 e. The molecule has 4 aromatic rings. The number of aryl methyl sites for hydroxylation is 1. The van der Waals surface area contributed by atoms with Crippen molar-refractivity contribution in [3.63, 3.8) is 0 Å². The number of benzene rings is 2. The third kappa shape index (κ3) is 5.02. The number of hydrogen-bond donors (Lipinski definition) is 2. The van der Waals surface area contributed by atoms with E-state index in [1.54, 1.807) is 6.07 Å². The molecule has 1 unspecified atom stereocenters. The first kappa shape index (κ1) is 30.1. The summed E-state index contributed by atoms with van der Waals surface area (Å²) in [5.74, 6) is -1.04. The first-order valence-corrected chi connectivity index (χ1v) is 16.1. The number of nitrogens with zero attached hydrogens (tertiary/aromatic N) is 5. The molecule has 4 aliphatic rings. The minimum absolute atomic E-state index is 0.0617. The molecule has 0 aliphatic carbocycles. The Labute approximate surface area is 268 Å². The van der Waals surface area contributed by atoms with Gasteiger partial charge in [-0.1, -0.05) is 13.0 Å². The average molecular weight is 649 g/mol. The lowest BCUT2D eigenvalue weighted by molar-refractivity contribution is -0.134. The molecule has 0 saturated carbocycles. The number of phenols is 1. The van der Waals surface area contributed by atoms with Crippen LogP contribution in [0.5, 0.6) is 11.8 Å². The number of nitrogens with one attached hydrogen (secondary N) is 1. The Morgan fingerprint density at radius 3 is 2.87 bits per heavy atom. The van der Waals surface area contributed by atoms with Gasteiger partial charge in [0.2, 0.25) is 5.91 Å². The van der Waals surface area contributed by atoms with Crippen molar-refractivity contribution in [1.29, 1.82) is 0 Å². The lowest BCUT2D eigenvalue weighted by Crippen LogP contribution is -2.67. The second-order valence-electron chi connectivity index (χ2n) is 13.3. The largest absolute Gasteiger partial charge is 0.508 e. The molecule has 4 fully saturated rings. The zero-order valence-corrected chi connectivity index (χ0v) is 26.0. The van der Waals surface area contributed by atoms with E-state index in [0.29, 0.717) is 73.2 Å². The number of amides is 1. The Morgan fingerprint density at radius 1 is 1.21 bits per heavy atom. The second kappa shape index (κ2) is 11.2. The van der Waals surface area contributed by atoms with Crippen LogP contribution in [0.4, 0.5) is 19.0 Å². The van der Waals surface area contributed by atoms with Crippen molar-refractivity contribution in [2.24, 2.45) is 0 Å². The molecule has 246 valence electrons. The van der Waals surface area contributed by atoms with E-state index in [-0.39, 0.29) is 47.5 Å². The quantitative estimate of drug-likeness (QED) is 0.293. The maximum absolute atomic E-state index is 16.9. The van der Waals surface area contributed by atoms with Crippen molar-refractivity contribution >= 4 is 33.4 Å². The van der Waals surface area contributed by atoms with E-state index >= 15 is 4.39 Å². The molecule has 3 atom stereocenters. The first-order valence-electron chi connectivity index (χ1n) is 16.1.